The first-order chi connectivity index (χ1) is 8.99. The normalized spacial score (nSPS) is 11.7. The molecule has 1 N–H and O–H groups in total. The molecule has 0 unspecified atom stereocenters. The van der Waals surface area contributed by atoms with Gasteiger partial charge in [0, 0.05) is 17.1 Å². The molecule has 0 aliphatic carbocycles. The van der Waals surface area contributed by atoms with Gasteiger partial charge in [-0.1, -0.05) is 23.7 Å². The molecule has 19 heavy (non-hydrogen) atoms. The maximum absolute atomic E-state index is 11.8. The van der Waals surface area contributed by atoms with Crippen molar-refractivity contribution >= 4 is 23.6 Å². The second-order valence-corrected chi connectivity index (χ2v) is 4.99. The third-order valence-electron chi connectivity index (χ3n) is 2.45. The first kappa shape index (κ1) is 15.7. The summed E-state index contributed by atoms with van der Waals surface area (Å²) in [6.45, 7) is 6.76. The van der Waals surface area contributed by atoms with Crippen LogP contribution in [0.4, 0.5) is 0 Å². The van der Waals surface area contributed by atoms with Gasteiger partial charge < -0.3 is 10.1 Å². The summed E-state index contributed by atoms with van der Waals surface area (Å²) in [5.41, 5.74) is 1.61. The molecular weight excluding hydrogens is 262 g/mol. The van der Waals surface area contributed by atoms with Crippen LogP contribution in [0.15, 0.2) is 29.8 Å². The van der Waals surface area contributed by atoms with E-state index in [1.54, 1.807) is 19.1 Å². The highest BCUT2D eigenvalue weighted by molar-refractivity contribution is 6.30. The number of carbonyl (C=O) groups excluding carboxylic acids is 1. The Morgan fingerprint density at radius 2 is 2.00 bits per heavy atom. The van der Waals surface area contributed by atoms with E-state index in [1.165, 1.54) is 0 Å². The molecule has 0 aliphatic rings. The summed E-state index contributed by atoms with van der Waals surface area (Å²) in [5, 5.41) is 3.50. The van der Waals surface area contributed by atoms with Crippen molar-refractivity contribution in [2.24, 2.45) is 0 Å². The minimum Gasteiger partial charge on any atom is -0.377 e. The molecule has 0 saturated heterocycles. The van der Waals surface area contributed by atoms with Crippen molar-refractivity contribution in [3.63, 3.8) is 0 Å². The van der Waals surface area contributed by atoms with Gasteiger partial charge in [0.2, 0.25) is 5.91 Å². The molecule has 1 amide bonds. The van der Waals surface area contributed by atoms with Crippen molar-refractivity contribution in [2.75, 3.05) is 13.2 Å². The smallest absolute Gasteiger partial charge is 0.247 e. The molecule has 1 aromatic rings. The lowest BCUT2D eigenvalue weighted by molar-refractivity contribution is -0.117. The topological polar surface area (TPSA) is 38.3 Å². The number of amides is 1. The Bertz CT molecular complexity index is 438. The Balaban J connectivity index is 2.45. The number of ether oxygens (including phenoxy) is 1. The van der Waals surface area contributed by atoms with E-state index in [9.17, 15) is 4.79 Å². The predicted molar refractivity (Wildman–Crippen MR) is 79.2 cm³/mol. The highest BCUT2D eigenvalue weighted by atomic mass is 35.5. The van der Waals surface area contributed by atoms with Crippen LogP contribution in [0.2, 0.25) is 5.02 Å². The fourth-order valence-electron chi connectivity index (χ4n) is 1.47. The van der Waals surface area contributed by atoms with E-state index in [-0.39, 0.29) is 12.0 Å². The van der Waals surface area contributed by atoms with Crippen LogP contribution < -0.4 is 5.32 Å². The molecule has 1 rings (SSSR count). The predicted octanol–water partition coefficient (Wildman–Crippen LogP) is 3.28. The molecule has 0 aromatic heterocycles. The molecule has 0 heterocycles. The summed E-state index contributed by atoms with van der Waals surface area (Å²) in [6, 6.07) is 7.35. The van der Waals surface area contributed by atoms with Gasteiger partial charge in [-0.05, 0) is 44.5 Å². The Morgan fingerprint density at radius 1 is 1.37 bits per heavy atom. The molecule has 3 nitrogen and oxygen atoms in total. The third-order valence-corrected chi connectivity index (χ3v) is 2.70. The van der Waals surface area contributed by atoms with Gasteiger partial charge in [-0.25, -0.2) is 0 Å². The number of benzene rings is 1. The molecule has 0 radical (unpaired) electrons. The van der Waals surface area contributed by atoms with Gasteiger partial charge >= 0.3 is 0 Å². The van der Waals surface area contributed by atoms with Crippen LogP contribution in [0.1, 0.15) is 26.3 Å². The first-order valence-corrected chi connectivity index (χ1v) is 6.70. The minimum atomic E-state index is -0.0812. The Hall–Kier alpha value is -1.32. The highest BCUT2D eigenvalue weighted by Gasteiger charge is 2.03. The van der Waals surface area contributed by atoms with Gasteiger partial charge in [0.05, 0.1) is 12.7 Å². The largest absolute Gasteiger partial charge is 0.377 e. The monoisotopic (exact) mass is 281 g/mol. The lowest BCUT2D eigenvalue weighted by Gasteiger charge is -2.08. The number of hydrogen-bond donors (Lipinski definition) is 1. The zero-order valence-corrected chi connectivity index (χ0v) is 12.3. The molecule has 4 heteroatoms. The molecule has 0 aliphatic heterocycles. The van der Waals surface area contributed by atoms with E-state index in [1.807, 2.05) is 32.1 Å². The van der Waals surface area contributed by atoms with Gasteiger partial charge in [0.25, 0.3) is 0 Å². The number of halogens is 1. The van der Waals surface area contributed by atoms with Crippen LogP contribution >= 0.6 is 11.6 Å². The van der Waals surface area contributed by atoms with Crippen molar-refractivity contribution in [3.8, 4) is 0 Å². The fourth-order valence-corrected chi connectivity index (χ4v) is 1.60. The van der Waals surface area contributed by atoms with Crippen LogP contribution in [0, 0.1) is 0 Å². The first-order valence-electron chi connectivity index (χ1n) is 6.32. The molecule has 0 spiro atoms. The molecule has 0 atom stereocenters. The van der Waals surface area contributed by atoms with E-state index in [4.69, 9.17) is 16.3 Å². The van der Waals surface area contributed by atoms with Crippen LogP contribution in [0.25, 0.3) is 6.08 Å². The highest BCUT2D eigenvalue weighted by Crippen LogP contribution is 2.12. The molecule has 1 aromatic carbocycles. The van der Waals surface area contributed by atoms with Crippen LogP contribution in [0.3, 0.4) is 0 Å². The number of carbonyl (C=O) groups is 1. The van der Waals surface area contributed by atoms with E-state index in [2.05, 4.69) is 5.32 Å². The second-order valence-electron chi connectivity index (χ2n) is 4.55. The van der Waals surface area contributed by atoms with E-state index in [0.717, 1.165) is 5.56 Å². The zero-order chi connectivity index (χ0) is 14.3. The van der Waals surface area contributed by atoms with Crippen molar-refractivity contribution in [1.29, 1.82) is 0 Å². The minimum absolute atomic E-state index is 0.0812. The summed E-state index contributed by atoms with van der Waals surface area (Å²) >= 11 is 5.81. The average Bonchev–Trinajstić information content (AvgIpc) is 2.36. The fraction of sp³-hybridized carbons (Fsp3) is 0.400. The summed E-state index contributed by atoms with van der Waals surface area (Å²) in [6.07, 6.45) is 2.01. The van der Waals surface area contributed by atoms with Crippen LogP contribution in [-0.2, 0) is 9.53 Å². The van der Waals surface area contributed by atoms with Gasteiger partial charge in [0.1, 0.15) is 0 Å². The summed E-state index contributed by atoms with van der Waals surface area (Å²) < 4.78 is 5.35. The van der Waals surface area contributed by atoms with Crippen LogP contribution in [0.5, 0.6) is 0 Å². The summed E-state index contributed by atoms with van der Waals surface area (Å²) in [5.74, 6) is -0.0812. The molecule has 0 bridgehead atoms. The molecule has 0 saturated carbocycles. The lowest BCUT2D eigenvalue weighted by atomic mass is 10.1. The second kappa shape index (κ2) is 7.97. The van der Waals surface area contributed by atoms with E-state index >= 15 is 0 Å². The van der Waals surface area contributed by atoms with Gasteiger partial charge in [-0.2, -0.15) is 0 Å². The molecular formula is C15H20ClNO2. The Labute approximate surface area is 119 Å². The van der Waals surface area contributed by atoms with Crippen molar-refractivity contribution in [2.45, 2.75) is 26.9 Å². The van der Waals surface area contributed by atoms with Crippen molar-refractivity contribution < 1.29 is 9.53 Å². The van der Waals surface area contributed by atoms with Gasteiger partial charge in [-0.15, -0.1) is 0 Å². The Morgan fingerprint density at radius 3 is 2.58 bits per heavy atom. The van der Waals surface area contributed by atoms with Crippen molar-refractivity contribution in [1.82, 2.24) is 5.32 Å². The number of hydrogen-bond acceptors (Lipinski definition) is 2. The van der Waals surface area contributed by atoms with Gasteiger partial charge in [0.15, 0.2) is 0 Å². The third kappa shape index (κ3) is 6.41. The molecule has 0 fully saturated rings. The number of rotatable bonds is 6. The lowest BCUT2D eigenvalue weighted by Crippen LogP contribution is -2.28. The average molecular weight is 282 g/mol. The maximum Gasteiger partial charge on any atom is 0.247 e. The standard InChI is InChI=1S/C15H20ClNO2/c1-11(2)19-9-8-17-15(18)12(3)10-13-4-6-14(16)7-5-13/h4-7,10-11H,8-9H2,1-3H3,(H,17,18)/b12-10+. The summed E-state index contributed by atoms with van der Waals surface area (Å²) in [4.78, 5) is 11.8. The van der Waals surface area contributed by atoms with Crippen molar-refractivity contribution in [3.05, 3.63) is 40.4 Å². The zero-order valence-electron chi connectivity index (χ0n) is 11.6. The quantitative estimate of drug-likeness (QED) is 0.642. The van der Waals surface area contributed by atoms with E-state index < -0.39 is 0 Å². The van der Waals surface area contributed by atoms with Crippen LogP contribution in [-0.4, -0.2) is 25.2 Å². The maximum atomic E-state index is 11.8. The molecule has 104 valence electrons. The van der Waals surface area contributed by atoms with E-state index in [0.29, 0.717) is 23.7 Å². The van der Waals surface area contributed by atoms with Gasteiger partial charge in [-0.3, -0.25) is 4.79 Å². The SMILES string of the molecule is C/C(=C\c1ccc(Cl)cc1)C(=O)NCCOC(C)C. The summed E-state index contributed by atoms with van der Waals surface area (Å²) in [7, 11) is 0. The number of nitrogens with one attached hydrogen (secondary N) is 1. The Kier molecular flexibility index (Phi) is 6.60.